The van der Waals surface area contributed by atoms with Gasteiger partial charge in [-0.05, 0) is 38.1 Å². The molecule has 0 radical (unpaired) electrons. The van der Waals surface area contributed by atoms with Gasteiger partial charge in [-0.25, -0.2) is 0 Å². The van der Waals surface area contributed by atoms with E-state index in [-0.39, 0.29) is 6.04 Å². The van der Waals surface area contributed by atoms with Gasteiger partial charge in [-0.15, -0.1) is 0 Å². The molecule has 1 heterocycles. The summed E-state index contributed by atoms with van der Waals surface area (Å²) in [5.41, 5.74) is 8.42. The number of rotatable bonds is 2. The maximum atomic E-state index is 5.96. The van der Waals surface area contributed by atoms with Crippen LogP contribution in [0, 0.1) is 0 Å². The van der Waals surface area contributed by atoms with E-state index in [1.807, 2.05) is 6.92 Å². The number of aromatic nitrogens is 1. The van der Waals surface area contributed by atoms with E-state index >= 15 is 0 Å². The first-order valence-corrected chi connectivity index (χ1v) is 5.97. The fourth-order valence-electron chi connectivity index (χ4n) is 1.99. The van der Waals surface area contributed by atoms with Crippen molar-refractivity contribution in [3.05, 3.63) is 34.4 Å². The summed E-state index contributed by atoms with van der Waals surface area (Å²) >= 11 is 3.48. The Bertz CT molecular complexity index is 486. The highest BCUT2D eigenvalue weighted by Gasteiger charge is 2.10. The number of hydrogen-bond donors (Lipinski definition) is 1. The van der Waals surface area contributed by atoms with Crippen molar-refractivity contribution in [3.63, 3.8) is 0 Å². The third kappa shape index (κ3) is 1.82. The zero-order valence-electron chi connectivity index (χ0n) is 9.00. The molecule has 0 amide bonds. The number of nitrogens with zero attached hydrogens (tertiary/aromatic N) is 1. The SMILES string of the molecule is CCn1c(C(C)N)cc2cc(Br)ccc21. The van der Waals surface area contributed by atoms with Gasteiger partial charge in [-0.3, -0.25) is 0 Å². The van der Waals surface area contributed by atoms with Crippen molar-refractivity contribution in [1.29, 1.82) is 0 Å². The van der Waals surface area contributed by atoms with Gasteiger partial charge in [-0.2, -0.15) is 0 Å². The zero-order chi connectivity index (χ0) is 11.0. The molecule has 0 saturated carbocycles. The zero-order valence-corrected chi connectivity index (χ0v) is 10.6. The molecule has 1 unspecified atom stereocenters. The summed E-state index contributed by atoms with van der Waals surface area (Å²) in [5.74, 6) is 0. The summed E-state index contributed by atoms with van der Waals surface area (Å²) in [4.78, 5) is 0. The lowest BCUT2D eigenvalue weighted by molar-refractivity contribution is 0.674. The maximum Gasteiger partial charge on any atom is 0.0483 e. The first-order valence-electron chi connectivity index (χ1n) is 5.17. The van der Waals surface area contributed by atoms with Gasteiger partial charge in [0.1, 0.15) is 0 Å². The van der Waals surface area contributed by atoms with Crippen LogP contribution in [0.5, 0.6) is 0 Å². The van der Waals surface area contributed by atoms with Gasteiger partial charge in [0, 0.05) is 33.7 Å². The van der Waals surface area contributed by atoms with Crippen molar-refractivity contribution in [1.82, 2.24) is 4.57 Å². The molecule has 0 aliphatic heterocycles. The lowest BCUT2D eigenvalue weighted by Crippen LogP contribution is -2.11. The van der Waals surface area contributed by atoms with Crippen LogP contribution in [0.3, 0.4) is 0 Å². The van der Waals surface area contributed by atoms with Crippen molar-refractivity contribution in [2.75, 3.05) is 0 Å². The smallest absolute Gasteiger partial charge is 0.0483 e. The number of aryl methyl sites for hydroxylation is 1. The average Bonchev–Trinajstić information content (AvgIpc) is 2.55. The quantitative estimate of drug-likeness (QED) is 0.887. The van der Waals surface area contributed by atoms with E-state index in [0.29, 0.717) is 0 Å². The van der Waals surface area contributed by atoms with Crippen LogP contribution in [0.4, 0.5) is 0 Å². The monoisotopic (exact) mass is 266 g/mol. The maximum absolute atomic E-state index is 5.96. The van der Waals surface area contributed by atoms with Crippen molar-refractivity contribution in [3.8, 4) is 0 Å². The Kier molecular flexibility index (Phi) is 2.85. The normalized spacial score (nSPS) is 13.3. The first kappa shape index (κ1) is 10.7. The third-order valence-corrected chi connectivity index (χ3v) is 3.17. The highest BCUT2D eigenvalue weighted by Crippen LogP contribution is 2.26. The van der Waals surface area contributed by atoms with E-state index in [2.05, 4.69) is 51.7 Å². The second-order valence-corrected chi connectivity index (χ2v) is 4.72. The molecule has 2 aromatic rings. The summed E-state index contributed by atoms with van der Waals surface area (Å²) in [6.07, 6.45) is 0. The van der Waals surface area contributed by atoms with Crippen LogP contribution in [-0.4, -0.2) is 4.57 Å². The Balaban J connectivity index is 2.73. The highest BCUT2D eigenvalue weighted by molar-refractivity contribution is 9.10. The molecule has 0 saturated heterocycles. The van der Waals surface area contributed by atoms with Gasteiger partial charge < -0.3 is 10.3 Å². The minimum Gasteiger partial charge on any atom is -0.343 e. The molecule has 80 valence electrons. The molecular weight excluding hydrogens is 252 g/mol. The predicted octanol–water partition coefficient (Wildman–Crippen LogP) is 3.44. The molecule has 1 aromatic carbocycles. The van der Waals surface area contributed by atoms with Gasteiger partial charge in [0.2, 0.25) is 0 Å². The van der Waals surface area contributed by atoms with Crippen LogP contribution in [0.25, 0.3) is 10.9 Å². The Morgan fingerprint density at radius 1 is 1.40 bits per heavy atom. The summed E-state index contributed by atoms with van der Waals surface area (Å²) < 4.78 is 3.38. The first-order chi connectivity index (χ1) is 7.13. The molecule has 1 aromatic heterocycles. The molecule has 0 fully saturated rings. The van der Waals surface area contributed by atoms with Crippen LogP contribution in [-0.2, 0) is 6.54 Å². The number of halogens is 1. The van der Waals surface area contributed by atoms with Crippen LogP contribution in [0.2, 0.25) is 0 Å². The Morgan fingerprint density at radius 3 is 2.73 bits per heavy atom. The Labute approximate surface area is 98.2 Å². The molecular formula is C12H15BrN2. The molecule has 0 spiro atoms. The summed E-state index contributed by atoms with van der Waals surface area (Å²) in [6.45, 7) is 5.13. The van der Waals surface area contributed by atoms with E-state index < -0.39 is 0 Å². The van der Waals surface area contributed by atoms with Crippen molar-refractivity contribution < 1.29 is 0 Å². The lowest BCUT2D eigenvalue weighted by atomic mass is 10.2. The number of fused-ring (bicyclic) bond motifs is 1. The van der Waals surface area contributed by atoms with E-state index in [4.69, 9.17) is 5.73 Å². The largest absolute Gasteiger partial charge is 0.343 e. The standard InChI is InChI=1S/C12H15BrN2/c1-3-15-11-5-4-10(13)6-9(11)7-12(15)8(2)14/h4-8H,3,14H2,1-2H3. The second kappa shape index (κ2) is 3.99. The fourth-order valence-corrected chi connectivity index (χ4v) is 2.37. The molecule has 15 heavy (non-hydrogen) atoms. The fraction of sp³-hybridized carbons (Fsp3) is 0.333. The number of nitrogens with two attached hydrogens (primary N) is 1. The number of hydrogen-bond acceptors (Lipinski definition) is 1. The van der Waals surface area contributed by atoms with Crippen LogP contribution in [0.15, 0.2) is 28.7 Å². The average molecular weight is 267 g/mol. The van der Waals surface area contributed by atoms with Crippen LogP contribution >= 0.6 is 15.9 Å². The third-order valence-electron chi connectivity index (χ3n) is 2.68. The van der Waals surface area contributed by atoms with Gasteiger partial charge >= 0.3 is 0 Å². The predicted molar refractivity (Wildman–Crippen MR) is 67.9 cm³/mol. The van der Waals surface area contributed by atoms with E-state index in [1.165, 1.54) is 16.6 Å². The topological polar surface area (TPSA) is 30.9 Å². The van der Waals surface area contributed by atoms with Crippen LogP contribution in [0.1, 0.15) is 25.6 Å². The highest BCUT2D eigenvalue weighted by atomic mass is 79.9. The van der Waals surface area contributed by atoms with Crippen molar-refractivity contribution in [2.45, 2.75) is 26.4 Å². The molecule has 0 bridgehead atoms. The lowest BCUT2D eigenvalue weighted by Gasteiger charge is -2.10. The molecule has 2 N–H and O–H groups in total. The van der Waals surface area contributed by atoms with E-state index in [9.17, 15) is 0 Å². The minimum atomic E-state index is 0.0797. The summed E-state index contributed by atoms with van der Waals surface area (Å²) in [6, 6.07) is 8.59. The Hall–Kier alpha value is -0.800. The van der Waals surface area contributed by atoms with Gasteiger partial charge in [-0.1, -0.05) is 15.9 Å². The molecule has 2 nitrogen and oxygen atoms in total. The number of benzene rings is 1. The molecule has 3 heteroatoms. The summed E-state index contributed by atoms with van der Waals surface area (Å²) in [7, 11) is 0. The van der Waals surface area contributed by atoms with Gasteiger partial charge in [0.05, 0.1) is 0 Å². The second-order valence-electron chi connectivity index (χ2n) is 3.81. The van der Waals surface area contributed by atoms with E-state index in [1.54, 1.807) is 0 Å². The van der Waals surface area contributed by atoms with Gasteiger partial charge in [0.15, 0.2) is 0 Å². The molecule has 0 aliphatic rings. The summed E-state index contributed by atoms with van der Waals surface area (Å²) in [5, 5.41) is 1.25. The van der Waals surface area contributed by atoms with E-state index in [0.717, 1.165) is 11.0 Å². The molecule has 0 aliphatic carbocycles. The van der Waals surface area contributed by atoms with Gasteiger partial charge in [0.25, 0.3) is 0 Å². The van der Waals surface area contributed by atoms with Crippen molar-refractivity contribution in [2.24, 2.45) is 5.73 Å². The van der Waals surface area contributed by atoms with Crippen LogP contribution < -0.4 is 5.73 Å². The van der Waals surface area contributed by atoms with Crippen molar-refractivity contribution >= 4 is 26.8 Å². The molecule has 1 atom stereocenters. The molecule has 2 rings (SSSR count). The minimum absolute atomic E-state index is 0.0797. The Morgan fingerprint density at radius 2 is 2.13 bits per heavy atom.